The molecule has 1 aromatic carbocycles. The third-order valence-electron chi connectivity index (χ3n) is 4.97. The van der Waals surface area contributed by atoms with Gasteiger partial charge < -0.3 is 10.2 Å². The molecule has 1 aliphatic heterocycles. The van der Waals surface area contributed by atoms with E-state index in [0.717, 1.165) is 54.4 Å². The molecule has 0 radical (unpaired) electrons. The lowest BCUT2D eigenvalue weighted by Gasteiger charge is -2.20. The molecule has 1 aromatic heterocycles. The van der Waals surface area contributed by atoms with Crippen LogP contribution in [0, 0.1) is 13.8 Å². The third kappa shape index (κ3) is 4.40. The standard InChI is InChI=1S/C21H27N3O2/c1-15-8-9-19-17(13-15)14-18(16(2)23-19)21(26)22-10-6-12-24-11-5-3-4-7-20(24)25/h8-9,13-14H,3-7,10-12H2,1-2H3,(H,22,26). The summed E-state index contributed by atoms with van der Waals surface area (Å²) >= 11 is 0. The minimum atomic E-state index is -0.0967. The highest BCUT2D eigenvalue weighted by molar-refractivity contribution is 5.98. The largest absolute Gasteiger partial charge is 0.352 e. The SMILES string of the molecule is Cc1ccc2nc(C)c(C(=O)NCCCN3CCCCCC3=O)cc2c1. The first-order valence-corrected chi connectivity index (χ1v) is 9.48. The number of likely N-dealkylation sites (tertiary alicyclic amines) is 1. The number of carbonyl (C=O) groups is 2. The van der Waals surface area contributed by atoms with Crippen molar-refractivity contribution in [2.45, 2.75) is 46.0 Å². The Morgan fingerprint density at radius 2 is 2.04 bits per heavy atom. The molecule has 26 heavy (non-hydrogen) atoms. The molecule has 0 unspecified atom stereocenters. The van der Waals surface area contributed by atoms with Crippen molar-refractivity contribution in [1.82, 2.24) is 15.2 Å². The maximum atomic E-state index is 12.5. The van der Waals surface area contributed by atoms with Gasteiger partial charge in [0.25, 0.3) is 5.91 Å². The van der Waals surface area contributed by atoms with Crippen LogP contribution in [0.5, 0.6) is 0 Å². The molecular weight excluding hydrogens is 326 g/mol. The summed E-state index contributed by atoms with van der Waals surface area (Å²) in [6, 6.07) is 7.97. The highest BCUT2D eigenvalue weighted by Crippen LogP contribution is 2.18. The van der Waals surface area contributed by atoms with Crippen LogP contribution in [0.1, 0.15) is 53.7 Å². The average molecular weight is 353 g/mol. The van der Waals surface area contributed by atoms with Crippen LogP contribution < -0.4 is 5.32 Å². The number of aryl methyl sites for hydroxylation is 2. The Morgan fingerprint density at radius 1 is 1.19 bits per heavy atom. The normalized spacial score (nSPS) is 15.2. The number of amides is 2. The van der Waals surface area contributed by atoms with E-state index in [4.69, 9.17) is 0 Å². The molecule has 2 heterocycles. The van der Waals surface area contributed by atoms with E-state index in [1.165, 1.54) is 0 Å². The van der Waals surface area contributed by atoms with E-state index in [9.17, 15) is 9.59 Å². The molecule has 1 N–H and O–H groups in total. The number of hydrogen-bond acceptors (Lipinski definition) is 3. The van der Waals surface area contributed by atoms with Crippen LogP contribution in [0.4, 0.5) is 0 Å². The molecule has 0 spiro atoms. The summed E-state index contributed by atoms with van der Waals surface area (Å²) in [6.45, 7) is 6.02. The Labute approximate surface area is 154 Å². The van der Waals surface area contributed by atoms with Gasteiger partial charge >= 0.3 is 0 Å². The van der Waals surface area contributed by atoms with Crippen molar-refractivity contribution in [3.8, 4) is 0 Å². The molecule has 2 amide bonds. The first kappa shape index (κ1) is 18.4. The van der Waals surface area contributed by atoms with E-state index in [1.54, 1.807) is 0 Å². The fraction of sp³-hybridized carbons (Fsp3) is 0.476. The van der Waals surface area contributed by atoms with Crippen LogP contribution in [0.25, 0.3) is 10.9 Å². The van der Waals surface area contributed by atoms with Crippen LogP contribution in [-0.4, -0.2) is 41.3 Å². The van der Waals surface area contributed by atoms with Crippen molar-refractivity contribution < 1.29 is 9.59 Å². The molecular formula is C21H27N3O2. The second-order valence-electron chi connectivity index (χ2n) is 7.12. The van der Waals surface area contributed by atoms with Gasteiger partial charge in [-0.15, -0.1) is 0 Å². The zero-order chi connectivity index (χ0) is 18.5. The van der Waals surface area contributed by atoms with Gasteiger partial charge in [-0.05, 0) is 51.3 Å². The number of fused-ring (bicyclic) bond motifs is 1. The molecule has 0 saturated carbocycles. The highest BCUT2D eigenvalue weighted by Gasteiger charge is 2.16. The lowest BCUT2D eigenvalue weighted by Crippen LogP contribution is -2.34. The first-order valence-electron chi connectivity index (χ1n) is 9.48. The molecule has 5 nitrogen and oxygen atoms in total. The number of carbonyl (C=O) groups excluding carboxylic acids is 2. The van der Waals surface area contributed by atoms with Gasteiger partial charge in [-0.2, -0.15) is 0 Å². The number of pyridine rings is 1. The highest BCUT2D eigenvalue weighted by atomic mass is 16.2. The summed E-state index contributed by atoms with van der Waals surface area (Å²) in [5.41, 5.74) is 3.41. The Bertz CT molecular complexity index is 816. The predicted octanol–water partition coefficient (Wildman–Crippen LogP) is 3.37. The summed E-state index contributed by atoms with van der Waals surface area (Å²) in [7, 11) is 0. The lowest BCUT2D eigenvalue weighted by molar-refractivity contribution is -0.130. The van der Waals surface area contributed by atoms with Crippen LogP contribution in [0.15, 0.2) is 24.3 Å². The fourth-order valence-corrected chi connectivity index (χ4v) is 3.46. The molecule has 0 atom stereocenters. The van der Waals surface area contributed by atoms with Crippen molar-refractivity contribution >= 4 is 22.7 Å². The van der Waals surface area contributed by atoms with Gasteiger partial charge in [-0.25, -0.2) is 0 Å². The van der Waals surface area contributed by atoms with E-state index >= 15 is 0 Å². The van der Waals surface area contributed by atoms with E-state index in [2.05, 4.69) is 10.3 Å². The molecule has 0 aliphatic carbocycles. The second kappa shape index (κ2) is 8.30. The van der Waals surface area contributed by atoms with E-state index in [1.807, 2.05) is 43.0 Å². The Hall–Kier alpha value is -2.43. The smallest absolute Gasteiger partial charge is 0.253 e. The van der Waals surface area contributed by atoms with Crippen LogP contribution >= 0.6 is 0 Å². The van der Waals surface area contributed by atoms with Crippen molar-refractivity contribution in [1.29, 1.82) is 0 Å². The minimum absolute atomic E-state index is 0.0967. The molecule has 1 saturated heterocycles. The lowest BCUT2D eigenvalue weighted by atomic mass is 10.1. The molecule has 1 aliphatic rings. The summed E-state index contributed by atoms with van der Waals surface area (Å²) in [6.07, 6.45) is 4.65. The van der Waals surface area contributed by atoms with Crippen LogP contribution in [-0.2, 0) is 4.79 Å². The van der Waals surface area contributed by atoms with Crippen LogP contribution in [0.2, 0.25) is 0 Å². The fourth-order valence-electron chi connectivity index (χ4n) is 3.46. The quantitative estimate of drug-likeness (QED) is 0.838. The average Bonchev–Trinajstić information content (AvgIpc) is 2.82. The van der Waals surface area contributed by atoms with Crippen molar-refractivity contribution in [3.05, 3.63) is 41.1 Å². The van der Waals surface area contributed by atoms with Gasteiger partial charge in [0.1, 0.15) is 0 Å². The molecule has 0 bridgehead atoms. The molecule has 2 aromatic rings. The summed E-state index contributed by atoms with van der Waals surface area (Å²) in [4.78, 5) is 31.0. The molecule has 5 heteroatoms. The zero-order valence-corrected chi connectivity index (χ0v) is 15.7. The minimum Gasteiger partial charge on any atom is -0.352 e. The van der Waals surface area contributed by atoms with Gasteiger partial charge in [-0.3, -0.25) is 14.6 Å². The molecule has 1 fully saturated rings. The molecule has 138 valence electrons. The van der Waals surface area contributed by atoms with E-state index in [0.29, 0.717) is 25.1 Å². The van der Waals surface area contributed by atoms with Gasteiger partial charge in [0.2, 0.25) is 5.91 Å². The van der Waals surface area contributed by atoms with E-state index < -0.39 is 0 Å². The number of nitrogens with zero attached hydrogens (tertiary/aromatic N) is 2. The maximum absolute atomic E-state index is 12.5. The number of benzene rings is 1. The summed E-state index contributed by atoms with van der Waals surface area (Å²) in [5, 5.41) is 3.95. The van der Waals surface area contributed by atoms with Gasteiger partial charge in [0.15, 0.2) is 0 Å². The molecule has 3 rings (SSSR count). The summed E-state index contributed by atoms with van der Waals surface area (Å²) < 4.78 is 0. The van der Waals surface area contributed by atoms with Crippen molar-refractivity contribution in [2.24, 2.45) is 0 Å². The topological polar surface area (TPSA) is 62.3 Å². The van der Waals surface area contributed by atoms with Crippen LogP contribution in [0.3, 0.4) is 0 Å². The first-order chi connectivity index (χ1) is 12.5. The number of rotatable bonds is 5. The van der Waals surface area contributed by atoms with Crippen molar-refractivity contribution in [2.75, 3.05) is 19.6 Å². The number of aromatic nitrogens is 1. The summed E-state index contributed by atoms with van der Waals surface area (Å²) in [5.74, 6) is 0.152. The van der Waals surface area contributed by atoms with E-state index in [-0.39, 0.29) is 11.8 Å². The number of nitrogens with one attached hydrogen (secondary N) is 1. The third-order valence-corrected chi connectivity index (χ3v) is 4.97. The maximum Gasteiger partial charge on any atom is 0.253 e. The van der Waals surface area contributed by atoms with Gasteiger partial charge in [0.05, 0.1) is 16.8 Å². The Balaban J connectivity index is 1.57. The van der Waals surface area contributed by atoms with Gasteiger partial charge in [0, 0.05) is 31.4 Å². The monoisotopic (exact) mass is 353 g/mol. The zero-order valence-electron chi connectivity index (χ0n) is 15.7. The van der Waals surface area contributed by atoms with Crippen molar-refractivity contribution in [3.63, 3.8) is 0 Å². The Kier molecular flexibility index (Phi) is 5.86. The Morgan fingerprint density at radius 3 is 2.88 bits per heavy atom. The predicted molar refractivity (Wildman–Crippen MR) is 103 cm³/mol. The number of hydrogen-bond donors (Lipinski definition) is 1. The second-order valence-corrected chi connectivity index (χ2v) is 7.12. The van der Waals surface area contributed by atoms with Gasteiger partial charge in [-0.1, -0.05) is 18.1 Å².